The number of fused-ring (bicyclic) bond motifs is 1. The van der Waals surface area contributed by atoms with Crippen LogP contribution in [0.2, 0.25) is 0 Å². The molecule has 0 atom stereocenters. The molecule has 3 aromatic carbocycles. The number of benzene rings is 3. The number of nitrogens with one attached hydrogen (secondary N) is 2. The number of rotatable bonds is 8. The van der Waals surface area contributed by atoms with Gasteiger partial charge in [-0.25, -0.2) is 15.0 Å². The van der Waals surface area contributed by atoms with E-state index in [-0.39, 0.29) is 0 Å². The van der Waals surface area contributed by atoms with Gasteiger partial charge in [-0.3, -0.25) is 0 Å². The third-order valence-corrected chi connectivity index (χ3v) is 6.43. The molecule has 10 nitrogen and oxygen atoms in total. The first-order valence-electron chi connectivity index (χ1n) is 12.6. The van der Waals surface area contributed by atoms with Gasteiger partial charge in [-0.1, -0.05) is 72.8 Å². The molecular weight excluding hydrogens is 504 g/mol. The molecule has 3 aromatic heterocycles. The maximum atomic E-state index is 6.06. The van der Waals surface area contributed by atoms with Crippen molar-refractivity contribution in [2.24, 2.45) is 0 Å². The van der Waals surface area contributed by atoms with Crippen LogP contribution in [0.5, 0.6) is 11.6 Å². The lowest BCUT2D eigenvalue weighted by atomic mass is 10.0. The van der Waals surface area contributed by atoms with E-state index < -0.39 is 0 Å². The van der Waals surface area contributed by atoms with E-state index in [1.54, 1.807) is 25.8 Å². The van der Waals surface area contributed by atoms with Gasteiger partial charge < -0.3 is 20.1 Å². The van der Waals surface area contributed by atoms with Crippen LogP contribution in [-0.4, -0.2) is 50.8 Å². The van der Waals surface area contributed by atoms with Crippen molar-refractivity contribution in [1.29, 1.82) is 0 Å². The summed E-state index contributed by atoms with van der Waals surface area (Å²) in [6, 6.07) is 27.8. The van der Waals surface area contributed by atoms with Gasteiger partial charge in [0, 0.05) is 12.6 Å². The Balaban J connectivity index is 1.68. The summed E-state index contributed by atoms with van der Waals surface area (Å²) in [5.74, 6) is 2.49. The summed E-state index contributed by atoms with van der Waals surface area (Å²) < 4.78 is 13.2. The Labute approximate surface area is 230 Å². The Hall–Kier alpha value is -5.51. The number of hydrogen-bond acceptors (Lipinski definition) is 9. The molecule has 0 amide bonds. The summed E-state index contributed by atoms with van der Waals surface area (Å²) in [5, 5.41) is 11.3. The molecule has 6 rings (SSSR count). The molecule has 0 saturated carbocycles. The highest BCUT2D eigenvalue weighted by molar-refractivity contribution is 5.93. The molecule has 10 heteroatoms. The van der Waals surface area contributed by atoms with Crippen LogP contribution in [-0.2, 0) is 0 Å². The van der Waals surface area contributed by atoms with Crippen LogP contribution >= 0.6 is 0 Å². The second-order valence-electron chi connectivity index (χ2n) is 8.77. The molecule has 0 unspecified atom stereocenters. The van der Waals surface area contributed by atoms with Crippen LogP contribution in [0.1, 0.15) is 0 Å². The third-order valence-electron chi connectivity index (χ3n) is 6.43. The van der Waals surface area contributed by atoms with Gasteiger partial charge in [-0.2, -0.15) is 14.6 Å². The first-order valence-corrected chi connectivity index (χ1v) is 12.6. The molecule has 0 saturated heterocycles. The fourth-order valence-electron chi connectivity index (χ4n) is 4.57. The second kappa shape index (κ2) is 10.7. The van der Waals surface area contributed by atoms with Gasteiger partial charge in [0.2, 0.25) is 17.8 Å². The van der Waals surface area contributed by atoms with Crippen molar-refractivity contribution in [3.05, 3.63) is 91.3 Å². The molecule has 0 aliphatic heterocycles. The average molecular weight is 531 g/mol. The number of ether oxygens (including phenoxy) is 2. The minimum atomic E-state index is 0.331. The summed E-state index contributed by atoms with van der Waals surface area (Å²) in [4.78, 5) is 18.0. The van der Waals surface area contributed by atoms with Crippen LogP contribution in [0.15, 0.2) is 91.3 Å². The van der Waals surface area contributed by atoms with E-state index in [0.29, 0.717) is 34.8 Å². The van der Waals surface area contributed by atoms with Gasteiger partial charge in [0.05, 0.1) is 25.3 Å². The Morgan fingerprint density at radius 1 is 0.675 bits per heavy atom. The molecule has 0 aliphatic rings. The van der Waals surface area contributed by atoms with E-state index in [1.165, 1.54) is 6.33 Å². The van der Waals surface area contributed by atoms with Gasteiger partial charge in [0.15, 0.2) is 5.65 Å². The number of nitrogens with zero attached hydrogens (tertiary/aromatic N) is 6. The number of anilines is 3. The van der Waals surface area contributed by atoms with Crippen LogP contribution in [0, 0.1) is 0 Å². The zero-order chi connectivity index (χ0) is 27.5. The Bertz CT molecular complexity index is 1770. The van der Waals surface area contributed by atoms with Gasteiger partial charge in [-0.05, 0) is 23.3 Å². The van der Waals surface area contributed by atoms with Crippen molar-refractivity contribution in [2.45, 2.75) is 0 Å². The molecule has 0 spiro atoms. The summed E-state index contributed by atoms with van der Waals surface area (Å²) in [5.41, 5.74) is 5.75. The van der Waals surface area contributed by atoms with Crippen molar-refractivity contribution in [3.63, 3.8) is 0 Å². The predicted molar refractivity (Wildman–Crippen MR) is 155 cm³/mol. The average Bonchev–Trinajstić information content (AvgIpc) is 3.40. The Kier molecular flexibility index (Phi) is 6.63. The van der Waals surface area contributed by atoms with Gasteiger partial charge in [-0.15, -0.1) is 0 Å². The first kappa shape index (κ1) is 24.8. The zero-order valence-corrected chi connectivity index (χ0v) is 22.2. The minimum absolute atomic E-state index is 0.331. The van der Waals surface area contributed by atoms with Gasteiger partial charge in [0.1, 0.15) is 23.6 Å². The highest BCUT2D eigenvalue weighted by Gasteiger charge is 2.26. The highest BCUT2D eigenvalue weighted by atomic mass is 16.5. The fourth-order valence-corrected chi connectivity index (χ4v) is 4.57. The summed E-state index contributed by atoms with van der Waals surface area (Å²) in [6.07, 6.45) is 1.44. The summed E-state index contributed by atoms with van der Waals surface area (Å²) in [6.45, 7) is 0. The number of hydrogen-bond donors (Lipinski definition) is 2. The molecule has 198 valence electrons. The molecule has 6 aromatic rings. The van der Waals surface area contributed by atoms with Crippen molar-refractivity contribution in [2.75, 3.05) is 31.9 Å². The molecule has 0 fully saturated rings. The molecule has 2 N–H and O–H groups in total. The smallest absolute Gasteiger partial charge is 0.233 e. The summed E-state index contributed by atoms with van der Waals surface area (Å²) in [7, 11) is 5.01. The lowest BCUT2D eigenvalue weighted by Crippen LogP contribution is -2.08. The van der Waals surface area contributed by atoms with Crippen molar-refractivity contribution < 1.29 is 9.47 Å². The maximum absolute atomic E-state index is 6.06. The monoisotopic (exact) mass is 530 g/mol. The van der Waals surface area contributed by atoms with Crippen molar-refractivity contribution >= 4 is 23.4 Å². The SMILES string of the molecule is CNc1ncnc(Nc2nc3c(-c4ccccc4)c(-c4ccccc4)nn3c(OC)c2-c2ccc(OC)cc2)n1. The van der Waals surface area contributed by atoms with Crippen molar-refractivity contribution in [1.82, 2.24) is 29.5 Å². The molecular formula is C30H26N8O2. The molecule has 0 radical (unpaired) electrons. The van der Waals surface area contributed by atoms with E-state index >= 15 is 0 Å². The predicted octanol–water partition coefficient (Wildman–Crippen LogP) is 5.72. The van der Waals surface area contributed by atoms with Crippen LogP contribution in [0.3, 0.4) is 0 Å². The van der Waals surface area contributed by atoms with Gasteiger partial charge in [0.25, 0.3) is 0 Å². The van der Waals surface area contributed by atoms with Gasteiger partial charge >= 0.3 is 0 Å². The summed E-state index contributed by atoms with van der Waals surface area (Å²) >= 11 is 0. The van der Waals surface area contributed by atoms with E-state index in [1.807, 2.05) is 84.9 Å². The lowest BCUT2D eigenvalue weighted by molar-refractivity contribution is 0.387. The van der Waals surface area contributed by atoms with E-state index in [2.05, 4.69) is 25.6 Å². The fraction of sp³-hybridized carbons (Fsp3) is 0.100. The Morgan fingerprint density at radius 2 is 1.32 bits per heavy atom. The molecule has 3 heterocycles. The topological polar surface area (TPSA) is 111 Å². The standard InChI is InChI=1S/C30H26N8O2/c1-31-29-32-18-33-30(36-29)35-26-24(20-14-16-22(39-2)17-15-20)28(40-3)38-27(34-26)23(19-10-6-4-7-11-19)25(37-38)21-12-8-5-9-13-21/h4-18H,1-3H3,(H2,31,32,33,34,35,36). The van der Waals surface area contributed by atoms with Crippen LogP contribution in [0.4, 0.5) is 17.7 Å². The Morgan fingerprint density at radius 3 is 1.98 bits per heavy atom. The van der Waals surface area contributed by atoms with E-state index in [4.69, 9.17) is 19.6 Å². The molecule has 40 heavy (non-hydrogen) atoms. The highest BCUT2D eigenvalue weighted by Crippen LogP contribution is 2.42. The van der Waals surface area contributed by atoms with E-state index in [0.717, 1.165) is 33.7 Å². The second-order valence-corrected chi connectivity index (χ2v) is 8.77. The molecule has 0 bridgehead atoms. The largest absolute Gasteiger partial charge is 0.497 e. The zero-order valence-electron chi connectivity index (χ0n) is 22.2. The quantitative estimate of drug-likeness (QED) is 0.255. The van der Waals surface area contributed by atoms with Crippen LogP contribution in [0.25, 0.3) is 39.2 Å². The number of methoxy groups -OCH3 is 2. The minimum Gasteiger partial charge on any atom is -0.497 e. The maximum Gasteiger partial charge on any atom is 0.233 e. The van der Waals surface area contributed by atoms with Crippen LogP contribution < -0.4 is 20.1 Å². The number of aromatic nitrogens is 6. The van der Waals surface area contributed by atoms with Crippen molar-refractivity contribution in [3.8, 4) is 45.1 Å². The lowest BCUT2D eigenvalue weighted by Gasteiger charge is -2.16. The third kappa shape index (κ3) is 4.51. The van der Waals surface area contributed by atoms with E-state index in [9.17, 15) is 0 Å². The normalized spacial score (nSPS) is 10.9. The molecule has 0 aliphatic carbocycles. The first-order chi connectivity index (χ1) is 19.7.